The van der Waals surface area contributed by atoms with E-state index in [9.17, 15) is 24.3 Å². The zero-order chi connectivity index (χ0) is 30.4. The van der Waals surface area contributed by atoms with Crippen LogP contribution < -0.4 is 16.0 Å². The lowest BCUT2D eigenvalue weighted by atomic mass is 9.98. The predicted octanol–water partition coefficient (Wildman–Crippen LogP) is 3.10. The van der Waals surface area contributed by atoms with E-state index in [0.29, 0.717) is 11.9 Å². The number of rotatable bonds is 13. The number of carboxylic acids is 1. The van der Waals surface area contributed by atoms with Gasteiger partial charge in [-0.3, -0.25) is 14.4 Å². The molecule has 42 heavy (non-hydrogen) atoms. The highest BCUT2D eigenvalue weighted by molar-refractivity contribution is 5.98. The highest BCUT2D eigenvalue weighted by Crippen LogP contribution is 2.30. The summed E-state index contributed by atoms with van der Waals surface area (Å²) in [6.07, 6.45) is -0.507. The van der Waals surface area contributed by atoms with Crippen LogP contribution in [-0.2, 0) is 25.5 Å². The van der Waals surface area contributed by atoms with Gasteiger partial charge in [0.25, 0.3) is 5.91 Å². The molecule has 2 aromatic carbocycles. The summed E-state index contributed by atoms with van der Waals surface area (Å²) < 4.78 is 5.84. The Hall–Kier alpha value is -4.31. The van der Waals surface area contributed by atoms with E-state index < -0.39 is 48.1 Å². The molecule has 1 aromatic heterocycles. The molecule has 1 fully saturated rings. The van der Waals surface area contributed by atoms with Crippen molar-refractivity contribution in [1.82, 2.24) is 20.9 Å². The number of aliphatic carboxylic acids is 1. The minimum atomic E-state index is -1.10. The van der Waals surface area contributed by atoms with Gasteiger partial charge in [0.15, 0.2) is 0 Å². The number of benzene rings is 2. The van der Waals surface area contributed by atoms with Crippen molar-refractivity contribution in [3.05, 3.63) is 78.0 Å². The average molecular weight is 575 g/mol. The molecule has 0 radical (unpaired) electrons. The number of amides is 3. The van der Waals surface area contributed by atoms with Crippen LogP contribution in [0.1, 0.15) is 50.2 Å². The van der Waals surface area contributed by atoms with Gasteiger partial charge in [-0.2, -0.15) is 0 Å². The number of para-hydroxylation sites is 1. The van der Waals surface area contributed by atoms with Gasteiger partial charge < -0.3 is 25.8 Å². The lowest BCUT2D eigenvalue weighted by Crippen LogP contribution is -2.54. The minimum Gasteiger partial charge on any atom is -0.480 e. The van der Waals surface area contributed by atoms with Crippen LogP contribution in [0.15, 0.2) is 66.7 Å². The monoisotopic (exact) mass is 574 g/mol. The molecule has 1 aliphatic heterocycles. The van der Waals surface area contributed by atoms with Gasteiger partial charge >= 0.3 is 5.97 Å². The van der Waals surface area contributed by atoms with Crippen molar-refractivity contribution in [2.75, 3.05) is 0 Å². The second-order valence-electron chi connectivity index (χ2n) is 11.4. The number of epoxide rings is 1. The van der Waals surface area contributed by atoms with E-state index in [0.717, 1.165) is 10.9 Å². The van der Waals surface area contributed by atoms with Crippen LogP contribution in [0.4, 0.5) is 0 Å². The van der Waals surface area contributed by atoms with Crippen molar-refractivity contribution in [2.24, 2.45) is 11.8 Å². The summed E-state index contributed by atoms with van der Waals surface area (Å²) in [5.74, 6) is -2.85. The first-order chi connectivity index (χ1) is 20.0. The largest absolute Gasteiger partial charge is 0.480 e. The van der Waals surface area contributed by atoms with Crippen LogP contribution in [0.2, 0.25) is 0 Å². The van der Waals surface area contributed by atoms with E-state index in [2.05, 4.69) is 20.9 Å². The van der Waals surface area contributed by atoms with E-state index in [4.69, 9.17) is 4.74 Å². The molecule has 0 spiro atoms. The number of aromatic nitrogens is 1. The van der Waals surface area contributed by atoms with Crippen LogP contribution in [-0.4, -0.2) is 64.1 Å². The second-order valence-corrected chi connectivity index (χ2v) is 11.4. The predicted molar refractivity (Wildman–Crippen MR) is 158 cm³/mol. The molecule has 4 rings (SSSR count). The molecule has 4 N–H and O–H groups in total. The molecule has 0 saturated carbocycles. The Morgan fingerprint density at radius 3 is 2.17 bits per heavy atom. The maximum Gasteiger partial charge on any atom is 0.326 e. The van der Waals surface area contributed by atoms with E-state index in [1.807, 2.05) is 74.5 Å². The number of carbonyl (C=O) groups is 4. The fourth-order valence-corrected chi connectivity index (χ4v) is 4.94. The Morgan fingerprint density at radius 1 is 0.833 bits per heavy atom. The van der Waals surface area contributed by atoms with Crippen molar-refractivity contribution >= 4 is 34.6 Å². The van der Waals surface area contributed by atoms with Gasteiger partial charge in [0, 0.05) is 5.39 Å². The van der Waals surface area contributed by atoms with Gasteiger partial charge in [-0.15, -0.1) is 0 Å². The Bertz CT molecular complexity index is 1430. The molecular formula is C32H38N4O6. The maximum absolute atomic E-state index is 13.6. The fourth-order valence-electron chi connectivity index (χ4n) is 4.94. The molecule has 3 amide bonds. The SMILES string of the molecule is CC(C)[C@H](NC(=O)CC1OC1C(Cc1ccccc1)NC(=O)[C@H](NC(=O)c1ccc2ccccc2n1)C(C)C)C(=O)O. The van der Waals surface area contributed by atoms with Gasteiger partial charge in [0.2, 0.25) is 11.8 Å². The van der Waals surface area contributed by atoms with Crippen LogP contribution in [0.25, 0.3) is 10.9 Å². The summed E-state index contributed by atoms with van der Waals surface area (Å²) >= 11 is 0. The highest BCUT2D eigenvalue weighted by atomic mass is 16.6. The lowest BCUT2D eigenvalue weighted by Gasteiger charge is -2.25. The summed E-state index contributed by atoms with van der Waals surface area (Å²) in [6, 6.07) is 18.2. The van der Waals surface area contributed by atoms with E-state index in [-0.39, 0.29) is 29.9 Å². The quantitative estimate of drug-likeness (QED) is 0.229. The van der Waals surface area contributed by atoms with Gasteiger partial charge in [0.05, 0.1) is 24.1 Å². The number of pyridine rings is 1. The third-order valence-corrected chi connectivity index (χ3v) is 7.35. The molecule has 0 bridgehead atoms. The van der Waals surface area contributed by atoms with Crippen molar-refractivity contribution in [1.29, 1.82) is 0 Å². The molecule has 1 aliphatic rings. The topological polar surface area (TPSA) is 150 Å². The van der Waals surface area contributed by atoms with Gasteiger partial charge in [-0.25, -0.2) is 9.78 Å². The number of carboxylic acid groups (broad SMARTS) is 1. The van der Waals surface area contributed by atoms with Crippen LogP contribution in [0.3, 0.4) is 0 Å². The highest BCUT2D eigenvalue weighted by Gasteiger charge is 2.47. The van der Waals surface area contributed by atoms with Crippen LogP contribution >= 0.6 is 0 Å². The van der Waals surface area contributed by atoms with Crippen molar-refractivity contribution in [3.63, 3.8) is 0 Å². The number of carbonyl (C=O) groups excluding carboxylic acids is 3. The number of hydrogen-bond donors (Lipinski definition) is 4. The Balaban J connectivity index is 1.44. The average Bonchev–Trinajstić information content (AvgIpc) is 3.72. The van der Waals surface area contributed by atoms with Crippen molar-refractivity contribution in [2.45, 2.75) is 70.9 Å². The molecule has 1 saturated heterocycles. The molecule has 3 unspecified atom stereocenters. The molecule has 5 atom stereocenters. The van der Waals surface area contributed by atoms with E-state index in [1.165, 1.54) is 0 Å². The first-order valence-electron chi connectivity index (χ1n) is 14.2. The summed E-state index contributed by atoms with van der Waals surface area (Å²) in [4.78, 5) is 55.2. The number of fused-ring (bicyclic) bond motifs is 1. The number of nitrogens with one attached hydrogen (secondary N) is 3. The molecule has 222 valence electrons. The number of hydrogen-bond acceptors (Lipinski definition) is 6. The lowest BCUT2D eigenvalue weighted by molar-refractivity contribution is -0.143. The normalized spacial score (nSPS) is 18.2. The third kappa shape index (κ3) is 7.91. The molecule has 0 aliphatic carbocycles. The zero-order valence-corrected chi connectivity index (χ0v) is 24.2. The Labute approximate surface area is 245 Å². The summed E-state index contributed by atoms with van der Waals surface area (Å²) in [7, 11) is 0. The summed E-state index contributed by atoms with van der Waals surface area (Å²) in [5, 5.41) is 18.8. The molecule has 10 heteroatoms. The van der Waals surface area contributed by atoms with Crippen molar-refractivity contribution in [3.8, 4) is 0 Å². The second kappa shape index (κ2) is 13.6. The summed E-state index contributed by atoms with van der Waals surface area (Å²) in [5.41, 5.74) is 1.87. The Kier molecular flexibility index (Phi) is 9.90. The first kappa shape index (κ1) is 30.6. The molecule has 3 aromatic rings. The standard InChI is InChI=1S/C32H38N4O6/c1-18(2)27(36-30(38)23-15-14-21-12-8-9-13-22(21)33-23)31(39)34-24(16-20-10-6-5-7-11-20)29-25(42-29)17-26(37)35-28(19(3)4)32(40)41/h5-15,18-19,24-25,27-29H,16-17H2,1-4H3,(H,34,39)(H,35,37)(H,36,38)(H,40,41)/t24?,25?,27-,28+,29?/m1/s1. The smallest absolute Gasteiger partial charge is 0.326 e. The van der Waals surface area contributed by atoms with Gasteiger partial charge in [0.1, 0.15) is 23.9 Å². The van der Waals surface area contributed by atoms with E-state index in [1.54, 1.807) is 19.9 Å². The minimum absolute atomic E-state index is 0.0275. The zero-order valence-electron chi connectivity index (χ0n) is 24.2. The fraction of sp³-hybridized carbons (Fsp3) is 0.406. The number of nitrogens with zero attached hydrogens (tertiary/aromatic N) is 1. The van der Waals surface area contributed by atoms with Crippen LogP contribution in [0.5, 0.6) is 0 Å². The van der Waals surface area contributed by atoms with Crippen LogP contribution in [0, 0.1) is 11.8 Å². The Morgan fingerprint density at radius 2 is 1.50 bits per heavy atom. The van der Waals surface area contributed by atoms with Crippen molar-refractivity contribution < 1.29 is 29.0 Å². The van der Waals surface area contributed by atoms with E-state index >= 15 is 0 Å². The molecule has 2 heterocycles. The molecule has 10 nitrogen and oxygen atoms in total. The van der Waals surface area contributed by atoms with Gasteiger partial charge in [-0.05, 0) is 36.0 Å². The molecular weight excluding hydrogens is 536 g/mol. The number of ether oxygens (including phenoxy) is 1. The van der Waals surface area contributed by atoms with Gasteiger partial charge in [-0.1, -0.05) is 82.3 Å². The summed E-state index contributed by atoms with van der Waals surface area (Å²) in [6.45, 7) is 7.14. The third-order valence-electron chi connectivity index (χ3n) is 7.35. The maximum atomic E-state index is 13.6. The first-order valence-corrected chi connectivity index (χ1v) is 14.2.